The van der Waals surface area contributed by atoms with E-state index in [1.165, 1.54) is 0 Å². The molecule has 1 unspecified atom stereocenters. The topological polar surface area (TPSA) is 96.2 Å². The fourth-order valence-electron chi connectivity index (χ4n) is 5.16. The van der Waals surface area contributed by atoms with Crippen LogP contribution >= 0.6 is 0 Å². The Hall–Kier alpha value is -1.89. The molecular formula is C26H38O6. The first kappa shape index (κ1) is 24.7. The maximum absolute atomic E-state index is 11.4. The summed E-state index contributed by atoms with van der Waals surface area (Å²) in [5.74, 6) is -0.119. The minimum Gasteiger partial charge on any atom is -0.491 e. The molecule has 0 aromatic heterocycles. The number of carbonyl (C=O) groups is 1. The molecule has 32 heavy (non-hydrogen) atoms. The second kappa shape index (κ2) is 12.4. The molecule has 1 aliphatic heterocycles. The van der Waals surface area contributed by atoms with E-state index in [-0.39, 0.29) is 36.6 Å². The maximum Gasteiger partial charge on any atom is 0.306 e. The van der Waals surface area contributed by atoms with Crippen LogP contribution in [0.15, 0.2) is 42.5 Å². The van der Waals surface area contributed by atoms with E-state index >= 15 is 0 Å². The lowest BCUT2D eigenvalue weighted by Gasteiger charge is -2.24. The zero-order chi connectivity index (χ0) is 22.9. The van der Waals surface area contributed by atoms with Crippen molar-refractivity contribution in [3.8, 4) is 5.75 Å². The van der Waals surface area contributed by atoms with Crippen LogP contribution in [0.2, 0.25) is 0 Å². The fourth-order valence-corrected chi connectivity index (χ4v) is 5.16. The second-order valence-corrected chi connectivity index (χ2v) is 9.25. The first-order valence-corrected chi connectivity index (χ1v) is 12.1. The van der Waals surface area contributed by atoms with Crippen molar-refractivity contribution < 1.29 is 29.6 Å². The molecule has 6 heteroatoms. The molecular weight excluding hydrogens is 408 g/mol. The van der Waals surface area contributed by atoms with E-state index in [1.54, 1.807) is 6.08 Å². The number of aliphatic carboxylic acids is 1. The molecule has 0 bridgehead atoms. The molecule has 1 heterocycles. The lowest BCUT2D eigenvalue weighted by molar-refractivity contribution is -0.142. The summed E-state index contributed by atoms with van der Waals surface area (Å²) in [6.45, 7) is 2.18. The summed E-state index contributed by atoms with van der Waals surface area (Å²) in [4.78, 5) is 11.4. The molecule has 2 aliphatic rings. The van der Waals surface area contributed by atoms with Crippen LogP contribution in [0, 0.1) is 17.8 Å². The van der Waals surface area contributed by atoms with Crippen molar-refractivity contribution in [3.63, 3.8) is 0 Å². The lowest BCUT2D eigenvalue weighted by atomic mass is 9.88. The predicted octanol–water partition coefficient (Wildman–Crippen LogP) is 4.20. The summed E-state index contributed by atoms with van der Waals surface area (Å²) in [6.07, 6.45) is 8.95. The first-order valence-electron chi connectivity index (χ1n) is 12.1. The molecule has 0 radical (unpaired) electrons. The summed E-state index contributed by atoms with van der Waals surface area (Å²) in [5.41, 5.74) is 0. The molecule has 1 saturated heterocycles. The standard InChI is InChI=1S/C26H38O6/c1-2-7-18(26(29)30)12-14-21-10-6-11-23-22(24(28)16-25(23)32-21)15-13-19(27)17-31-20-8-4-3-5-9-20/h3-5,8-9,13,15,18-19,21-25,27-28H,2,6-7,10-12,14,16-17H2,1H3,(H,29,30)/t18?,19-,21-,22-,23-,24-,25+/m1/s1. The molecule has 6 nitrogen and oxygen atoms in total. The molecule has 7 atom stereocenters. The normalized spacial score (nSPS) is 29.9. The van der Waals surface area contributed by atoms with Gasteiger partial charge in [-0.2, -0.15) is 0 Å². The van der Waals surface area contributed by atoms with Gasteiger partial charge in [-0.25, -0.2) is 0 Å². The van der Waals surface area contributed by atoms with E-state index in [2.05, 4.69) is 0 Å². The summed E-state index contributed by atoms with van der Waals surface area (Å²) >= 11 is 0. The Kier molecular flexibility index (Phi) is 9.57. The van der Waals surface area contributed by atoms with Gasteiger partial charge in [0.05, 0.1) is 24.2 Å². The van der Waals surface area contributed by atoms with Crippen LogP contribution in [0.5, 0.6) is 5.75 Å². The molecule has 1 saturated carbocycles. The number of aliphatic hydroxyl groups excluding tert-OH is 2. The Labute approximate surface area is 191 Å². The molecule has 0 amide bonds. The van der Waals surface area contributed by atoms with Crippen LogP contribution < -0.4 is 4.74 Å². The van der Waals surface area contributed by atoms with Crippen molar-refractivity contribution >= 4 is 5.97 Å². The third kappa shape index (κ3) is 7.06. The molecule has 3 rings (SSSR count). The van der Waals surface area contributed by atoms with Gasteiger partial charge in [0.2, 0.25) is 0 Å². The number of hydrogen-bond acceptors (Lipinski definition) is 5. The highest BCUT2D eigenvalue weighted by Crippen LogP contribution is 2.42. The Morgan fingerprint density at radius 3 is 2.75 bits per heavy atom. The van der Waals surface area contributed by atoms with Crippen molar-refractivity contribution in [1.82, 2.24) is 0 Å². The van der Waals surface area contributed by atoms with E-state index in [4.69, 9.17) is 9.47 Å². The monoisotopic (exact) mass is 446 g/mol. The molecule has 1 aliphatic carbocycles. The van der Waals surface area contributed by atoms with E-state index in [1.807, 2.05) is 43.3 Å². The Morgan fingerprint density at radius 2 is 2.03 bits per heavy atom. The van der Waals surface area contributed by atoms with Gasteiger partial charge in [-0.1, -0.05) is 50.1 Å². The number of ether oxygens (including phenoxy) is 2. The second-order valence-electron chi connectivity index (χ2n) is 9.25. The number of carboxylic acids is 1. The fraction of sp³-hybridized carbons (Fsp3) is 0.654. The molecule has 1 aromatic carbocycles. The number of benzene rings is 1. The highest BCUT2D eigenvalue weighted by molar-refractivity contribution is 5.69. The van der Waals surface area contributed by atoms with E-state index < -0.39 is 18.2 Å². The molecule has 1 aromatic rings. The SMILES string of the molecule is CCCC(CC[C@H]1CCC[C@@H]2[C@@H](C=C[C@@H](O)COc3ccccc3)[C@H](O)C[C@@H]2O1)C(=O)O. The van der Waals surface area contributed by atoms with Gasteiger partial charge in [-0.05, 0) is 50.2 Å². The summed E-state index contributed by atoms with van der Waals surface area (Å²) in [5, 5.41) is 30.4. The quantitative estimate of drug-likeness (QED) is 0.441. The zero-order valence-corrected chi connectivity index (χ0v) is 19.0. The van der Waals surface area contributed by atoms with Crippen LogP contribution in [-0.4, -0.2) is 52.3 Å². The van der Waals surface area contributed by atoms with Crippen LogP contribution in [0.25, 0.3) is 0 Å². The van der Waals surface area contributed by atoms with Crippen molar-refractivity contribution in [2.45, 2.75) is 82.7 Å². The summed E-state index contributed by atoms with van der Waals surface area (Å²) < 4.78 is 12.0. The smallest absolute Gasteiger partial charge is 0.306 e. The van der Waals surface area contributed by atoms with Gasteiger partial charge >= 0.3 is 5.97 Å². The lowest BCUT2D eigenvalue weighted by Crippen LogP contribution is -2.25. The van der Waals surface area contributed by atoms with E-state index in [0.717, 1.165) is 32.1 Å². The third-order valence-corrected chi connectivity index (χ3v) is 6.86. The molecule has 2 fully saturated rings. The largest absolute Gasteiger partial charge is 0.491 e. The average molecular weight is 447 g/mol. The van der Waals surface area contributed by atoms with E-state index in [9.17, 15) is 20.1 Å². The number of rotatable bonds is 11. The van der Waals surface area contributed by atoms with Gasteiger partial charge < -0.3 is 24.8 Å². The van der Waals surface area contributed by atoms with Gasteiger partial charge in [-0.3, -0.25) is 4.79 Å². The van der Waals surface area contributed by atoms with Crippen LogP contribution in [-0.2, 0) is 9.53 Å². The van der Waals surface area contributed by atoms with Gasteiger partial charge in [-0.15, -0.1) is 0 Å². The van der Waals surface area contributed by atoms with E-state index in [0.29, 0.717) is 25.0 Å². The van der Waals surface area contributed by atoms with Gasteiger partial charge in [0, 0.05) is 12.3 Å². The Bertz CT molecular complexity index is 720. The van der Waals surface area contributed by atoms with Crippen molar-refractivity contribution in [1.29, 1.82) is 0 Å². The van der Waals surface area contributed by atoms with Crippen molar-refractivity contribution in [2.75, 3.05) is 6.61 Å². The first-order chi connectivity index (χ1) is 15.5. The average Bonchev–Trinajstić information content (AvgIpc) is 2.93. The number of fused-ring (bicyclic) bond motifs is 1. The number of aliphatic hydroxyl groups is 2. The minimum atomic E-state index is -0.743. The predicted molar refractivity (Wildman–Crippen MR) is 122 cm³/mol. The van der Waals surface area contributed by atoms with Crippen molar-refractivity contribution in [2.24, 2.45) is 17.8 Å². The highest BCUT2D eigenvalue weighted by Gasteiger charge is 2.43. The van der Waals surface area contributed by atoms with Crippen LogP contribution in [0.4, 0.5) is 0 Å². The van der Waals surface area contributed by atoms with Crippen LogP contribution in [0.1, 0.15) is 58.3 Å². The van der Waals surface area contributed by atoms with Crippen LogP contribution in [0.3, 0.4) is 0 Å². The Balaban J connectivity index is 1.50. The highest BCUT2D eigenvalue weighted by atomic mass is 16.5. The third-order valence-electron chi connectivity index (χ3n) is 6.86. The zero-order valence-electron chi connectivity index (χ0n) is 19.0. The van der Waals surface area contributed by atoms with Gasteiger partial charge in [0.1, 0.15) is 18.5 Å². The maximum atomic E-state index is 11.4. The minimum absolute atomic E-state index is 0.0145. The molecule has 3 N–H and O–H groups in total. The molecule has 178 valence electrons. The Morgan fingerprint density at radius 1 is 1.25 bits per heavy atom. The summed E-state index contributed by atoms with van der Waals surface area (Å²) in [6, 6.07) is 9.38. The number of hydrogen-bond donors (Lipinski definition) is 3. The van der Waals surface area contributed by atoms with Gasteiger partial charge in [0.15, 0.2) is 0 Å². The number of carboxylic acid groups (broad SMARTS) is 1. The van der Waals surface area contributed by atoms with Crippen molar-refractivity contribution in [3.05, 3.63) is 42.5 Å². The molecule has 0 spiro atoms. The summed E-state index contributed by atoms with van der Waals surface area (Å²) in [7, 11) is 0. The number of para-hydroxylation sites is 1. The van der Waals surface area contributed by atoms with Gasteiger partial charge in [0.25, 0.3) is 0 Å².